The van der Waals surface area contributed by atoms with Crippen molar-refractivity contribution in [2.24, 2.45) is 11.7 Å². The van der Waals surface area contributed by atoms with Crippen LogP contribution in [0.2, 0.25) is 0 Å². The van der Waals surface area contributed by atoms with Crippen molar-refractivity contribution in [1.82, 2.24) is 9.78 Å². The molecule has 1 atom stereocenters. The van der Waals surface area contributed by atoms with Crippen LogP contribution in [0.25, 0.3) is 11.1 Å². The van der Waals surface area contributed by atoms with Gasteiger partial charge in [-0.25, -0.2) is 9.48 Å². The Kier molecular flexibility index (Phi) is 4.79. The van der Waals surface area contributed by atoms with E-state index in [1.165, 1.54) is 12.4 Å². The van der Waals surface area contributed by atoms with Crippen LogP contribution in [0.15, 0.2) is 36.7 Å². The molecule has 0 saturated carbocycles. The van der Waals surface area contributed by atoms with Crippen molar-refractivity contribution in [3.63, 3.8) is 0 Å². The Balaban J connectivity index is 2.31. The maximum atomic E-state index is 12.5. The van der Waals surface area contributed by atoms with Crippen LogP contribution in [0.1, 0.15) is 32.4 Å². The van der Waals surface area contributed by atoms with Gasteiger partial charge in [-0.2, -0.15) is 13.9 Å². The van der Waals surface area contributed by atoms with E-state index in [0.29, 0.717) is 27.8 Å². The highest BCUT2D eigenvalue weighted by Gasteiger charge is 2.36. The van der Waals surface area contributed by atoms with E-state index in [4.69, 9.17) is 5.73 Å². The summed E-state index contributed by atoms with van der Waals surface area (Å²) in [5.41, 5.74) is 6.28. The molecule has 3 N–H and O–H groups in total. The monoisotopic (exact) mass is 323 g/mol. The van der Waals surface area contributed by atoms with Gasteiger partial charge in [-0.15, -0.1) is 0 Å². The second-order valence-corrected chi connectivity index (χ2v) is 5.94. The molecule has 0 aliphatic carbocycles. The average molecular weight is 323 g/mol. The van der Waals surface area contributed by atoms with Crippen molar-refractivity contribution in [1.29, 1.82) is 0 Å². The Labute approximate surface area is 132 Å². The number of carboxylic acid groups (broad SMARTS) is 1. The van der Waals surface area contributed by atoms with E-state index in [9.17, 15) is 18.7 Å². The molecular weight excluding hydrogens is 304 g/mol. The molecule has 0 fully saturated rings. The normalized spacial score (nSPS) is 14.2. The molecule has 2 rings (SSSR count). The third kappa shape index (κ3) is 3.56. The quantitative estimate of drug-likeness (QED) is 0.855. The highest BCUT2D eigenvalue weighted by atomic mass is 19.3. The summed E-state index contributed by atoms with van der Waals surface area (Å²) in [6.07, 6.45) is 2.87. The number of nitrogens with zero attached hydrogens (tertiary/aromatic N) is 2. The lowest BCUT2D eigenvalue weighted by atomic mass is 9.83. The molecule has 0 amide bonds. The molecule has 124 valence electrons. The number of hydrogen-bond acceptors (Lipinski definition) is 3. The van der Waals surface area contributed by atoms with Crippen LogP contribution in [-0.2, 0) is 10.3 Å². The van der Waals surface area contributed by atoms with E-state index in [2.05, 4.69) is 5.10 Å². The standard InChI is InChI=1S/C16H19F2N3O2/c1-10(2)7-16(19,14(22)23)13-5-3-11(4-6-13)12-8-20-21(9-12)15(17)18/h3-6,8-10,15H,7,19H2,1-2H3,(H,22,23). The number of nitrogens with two attached hydrogens (primary N) is 1. The number of hydrogen-bond donors (Lipinski definition) is 2. The first-order chi connectivity index (χ1) is 10.7. The maximum Gasteiger partial charge on any atom is 0.333 e. The van der Waals surface area contributed by atoms with E-state index >= 15 is 0 Å². The van der Waals surface area contributed by atoms with Crippen molar-refractivity contribution in [2.45, 2.75) is 32.4 Å². The summed E-state index contributed by atoms with van der Waals surface area (Å²) in [5, 5.41) is 13.0. The molecule has 23 heavy (non-hydrogen) atoms. The highest BCUT2D eigenvalue weighted by molar-refractivity contribution is 5.81. The van der Waals surface area contributed by atoms with Gasteiger partial charge in [0.15, 0.2) is 0 Å². The number of carboxylic acids is 1. The predicted octanol–water partition coefficient (Wildman–Crippen LogP) is 3.23. The third-order valence-electron chi connectivity index (χ3n) is 3.65. The number of benzene rings is 1. The van der Waals surface area contributed by atoms with E-state index < -0.39 is 18.1 Å². The molecule has 0 saturated heterocycles. The van der Waals surface area contributed by atoms with Gasteiger partial charge in [-0.3, -0.25) is 0 Å². The second-order valence-electron chi connectivity index (χ2n) is 5.94. The smallest absolute Gasteiger partial charge is 0.333 e. The summed E-state index contributed by atoms with van der Waals surface area (Å²) in [7, 11) is 0. The van der Waals surface area contributed by atoms with Crippen molar-refractivity contribution in [3.05, 3.63) is 42.2 Å². The number of aromatic nitrogens is 2. The lowest BCUT2D eigenvalue weighted by molar-refractivity contribution is -0.144. The van der Waals surface area contributed by atoms with Gasteiger partial charge in [-0.1, -0.05) is 38.1 Å². The molecular formula is C16H19F2N3O2. The molecule has 1 heterocycles. The average Bonchev–Trinajstić information content (AvgIpc) is 2.96. The largest absolute Gasteiger partial charge is 0.480 e. The number of aliphatic carboxylic acids is 1. The van der Waals surface area contributed by atoms with Gasteiger partial charge >= 0.3 is 12.5 Å². The molecule has 0 radical (unpaired) electrons. The molecule has 7 heteroatoms. The lowest BCUT2D eigenvalue weighted by Crippen LogP contribution is -2.45. The zero-order valence-corrected chi connectivity index (χ0v) is 12.9. The summed E-state index contributed by atoms with van der Waals surface area (Å²) in [4.78, 5) is 11.6. The van der Waals surface area contributed by atoms with Crippen molar-refractivity contribution >= 4 is 5.97 Å². The summed E-state index contributed by atoms with van der Waals surface area (Å²) in [6.45, 7) is 1.10. The van der Waals surface area contributed by atoms with Crippen LogP contribution < -0.4 is 5.73 Å². The van der Waals surface area contributed by atoms with E-state index in [1.54, 1.807) is 24.3 Å². The second kappa shape index (κ2) is 6.45. The zero-order valence-electron chi connectivity index (χ0n) is 12.9. The maximum absolute atomic E-state index is 12.5. The molecule has 5 nitrogen and oxygen atoms in total. The Hall–Kier alpha value is -2.28. The Morgan fingerprint density at radius 1 is 1.30 bits per heavy atom. The van der Waals surface area contributed by atoms with Crippen LogP contribution in [0.4, 0.5) is 8.78 Å². The van der Waals surface area contributed by atoms with Gasteiger partial charge in [0.1, 0.15) is 5.54 Å². The number of alkyl halides is 2. The molecule has 2 aromatic rings. The minimum atomic E-state index is -2.70. The zero-order chi connectivity index (χ0) is 17.2. The Morgan fingerprint density at radius 2 is 1.91 bits per heavy atom. The van der Waals surface area contributed by atoms with Crippen molar-refractivity contribution < 1.29 is 18.7 Å². The van der Waals surface area contributed by atoms with E-state index in [-0.39, 0.29) is 5.92 Å². The van der Waals surface area contributed by atoms with Crippen LogP contribution in [0, 0.1) is 5.92 Å². The summed E-state index contributed by atoms with van der Waals surface area (Å²) in [5.74, 6) is -0.982. The highest BCUT2D eigenvalue weighted by Crippen LogP contribution is 2.29. The topological polar surface area (TPSA) is 81.1 Å². The molecule has 0 aliphatic rings. The summed E-state index contributed by atoms with van der Waals surface area (Å²) in [6, 6.07) is 6.55. The van der Waals surface area contributed by atoms with Gasteiger partial charge in [0.2, 0.25) is 0 Å². The molecule has 1 aromatic heterocycles. The first-order valence-corrected chi connectivity index (χ1v) is 7.19. The van der Waals surface area contributed by atoms with Crippen LogP contribution in [-0.4, -0.2) is 20.9 Å². The minimum absolute atomic E-state index is 0.111. The van der Waals surface area contributed by atoms with Crippen LogP contribution >= 0.6 is 0 Å². The fourth-order valence-electron chi connectivity index (χ4n) is 2.53. The van der Waals surface area contributed by atoms with E-state index in [1.807, 2.05) is 13.8 Å². The number of carbonyl (C=O) groups is 1. The first-order valence-electron chi connectivity index (χ1n) is 7.19. The first kappa shape index (κ1) is 17.1. The Bertz CT molecular complexity index is 683. The van der Waals surface area contributed by atoms with Gasteiger partial charge < -0.3 is 10.8 Å². The van der Waals surface area contributed by atoms with Crippen molar-refractivity contribution in [2.75, 3.05) is 0 Å². The van der Waals surface area contributed by atoms with Crippen LogP contribution in [0.3, 0.4) is 0 Å². The summed E-state index contributed by atoms with van der Waals surface area (Å²) < 4.78 is 25.7. The molecule has 1 unspecified atom stereocenters. The van der Waals surface area contributed by atoms with Crippen LogP contribution in [0.5, 0.6) is 0 Å². The van der Waals surface area contributed by atoms with Crippen molar-refractivity contribution in [3.8, 4) is 11.1 Å². The molecule has 1 aromatic carbocycles. The fourth-order valence-corrected chi connectivity index (χ4v) is 2.53. The number of halogens is 2. The van der Waals surface area contributed by atoms with Gasteiger partial charge in [-0.05, 0) is 23.5 Å². The summed E-state index contributed by atoms with van der Waals surface area (Å²) >= 11 is 0. The van der Waals surface area contributed by atoms with Gasteiger partial charge in [0.05, 0.1) is 6.20 Å². The molecule has 0 bridgehead atoms. The molecule has 0 spiro atoms. The van der Waals surface area contributed by atoms with E-state index in [0.717, 1.165) is 0 Å². The SMILES string of the molecule is CC(C)CC(N)(C(=O)O)c1ccc(-c2cnn(C(F)F)c2)cc1. The fraction of sp³-hybridized carbons (Fsp3) is 0.375. The third-order valence-corrected chi connectivity index (χ3v) is 3.65. The number of rotatable bonds is 6. The predicted molar refractivity (Wildman–Crippen MR) is 81.9 cm³/mol. The van der Waals surface area contributed by atoms with Gasteiger partial charge in [0, 0.05) is 11.8 Å². The Morgan fingerprint density at radius 3 is 2.35 bits per heavy atom. The lowest BCUT2D eigenvalue weighted by Gasteiger charge is -2.27. The molecule has 0 aliphatic heterocycles. The van der Waals surface area contributed by atoms with Gasteiger partial charge in [0.25, 0.3) is 0 Å². The minimum Gasteiger partial charge on any atom is -0.480 e.